The van der Waals surface area contributed by atoms with E-state index in [-0.39, 0.29) is 0 Å². The van der Waals surface area contributed by atoms with Crippen molar-refractivity contribution in [3.8, 4) is 45.0 Å². The van der Waals surface area contributed by atoms with Gasteiger partial charge in [0.25, 0.3) is 0 Å². The average Bonchev–Trinajstić information content (AvgIpc) is 3.57. The van der Waals surface area contributed by atoms with Gasteiger partial charge in [-0.1, -0.05) is 133 Å². The summed E-state index contributed by atoms with van der Waals surface area (Å²) in [5, 5.41) is 9.55. The van der Waals surface area contributed by atoms with Gasteiger partial charge in [-0.25, -0.2) is 9.97 Å². The maximum absolute atomic E-state index is 6.34. The van der Waals surface area contributed by atoms with Crippen LogP contribution in [-0.4, -0.2) is 9.97 Å². The number of furan rings is 1. The lowest BCUT2D eigenvalue weighted by molar-refractivity contribution is 0.669. The van der Waals surface area contributed by atoms with Crippen molar-refractivity contribution in [3.05, 3.63) is 170 Å². The largest absolute Gasteiger partial charge is 0.456 e. The Balaban J connectivity index is 1.23. The smallest absolute Gasteiger partial charge is 0.160 e. The van der Waals surface area contributed by atoms with Crippen molar-refractivity contribution in [1.29, 1.82) is 0 Å². The number of hydrogen-bond donors (Lipinski definition) is 0. The van der Waals surface area contributed by atoms with E-state index < -0.39 is 0 Å². The first-order valence-corrected chi connectivity index (χ1v) is 16.6. The predicted octanol–water partition coefficient (Wildman–Crippen LogP) is 12.5. The molecule has 0 N–H and O–H groups in total. The summed E-state index contributed by atoms with van der Waals surface area (Å²) in [6.45, 7) is 0. The first-order chi connectivity index (χ1) is 24.3. The van der Waals surface area contributed by atoms with Crippen LogP contribution in [0.1, 0.15) is 0 Å². The minimum Gasteiger partial charge on any atom is -0.456 e. The first-order valence-electron chi connectivity index (χ1n) is 16.6. The molecule has 49 heavy (non-hydrogen) atoms. The third-order valence-corrected chi connectivity index (χ3v) is 9.66. The Morgan fingerprint density at radius 3 is 1.65 bits per heavy atom. The minimum absolute atomic E-state index is 0.702. The molecule has 0 unspecified atom stereocenters. The van der Waals surface area contributed by atoms with Gasteiger partial charge in [0.15, 0.2) is 5.82 Å². The van der Waals surface area contributed by atoms with Crippen LogP contribution in [0.5, 0.6) is 0 Å². The van der Waals surface area contributed by atoms with Crippen LogP contribution in [0.3, 0.4) is 0 Å². The SMILES string of the molecule is c1ccc(-c2cccc(-c3cc(-c4ccc5c(c4)c4ccccc4c4ccc6oc7ccccc7c6c45)nc(-c4ccccc4)n3)c2)cc1. The van der Waals surface area contributed by atoms with E-state index in [0.29, 0.717) is 5.82 Å². The van der Waals surface area contributed by atoms with E-state index in [2.05, 4.69) is 140 Å². The molecular formula is C46H28N2O. The molecule has 228 valence electrons. The normalized spacial score (nSPS) is 11.7. The van der Waals surface area contributed by atoms with Crippen LogP contribution in [0.15, 0.2) is 174 Å². The summed E-state index contributed by atoms with van der Waals surface area (Å²) in [4.78, 5) is 10.3. The van der Waals surface area contributed by atoms with Crippen molar-refractivity contribution >= 4 is 54.3 Å². The maximum Gasteiger partial charge on any atom is 0.160 e. The molecule has 0 aliphatic rings. The third-order valence-electron chi connectivity index (χ3n) is 9.66. The molecule has 2 aromatic heterocycles. The van der Waals surface area contributed by atoms with Crippen LogP contribution < -0.4 is 0 Å². The number of benzene rings is 8. The van der Waals surface area contributed by atoms with Gasteiger partial charge in [-0.05, 0) is 74.5 Å². The van der Waals surface area contributed by atoms with Gasteiger partial charge in [0.05, 0.1) is 11.4 Å². The van der Waals surface area contributed by atoms with Gasteiger partial charge in [-0.3, -0.25) is 0 Å². The Bertz CT molecular complexity index is 2870. The fourth-order valence-electron chi connectivity index (χ4n) is 7.37. The van der Waals surface area contributed by atoms with E-state index in [0.717, 1.165) is 55.6 Å². The van der Waals surface area contributed by atoms with E-state index in [9.17, 15) is 0 Å². The lowest BCUT2D eigenvalue weighted by Gasteiger charge is -2.14. The second-order valence-corrected chi connectivity index (χ2v) is 12.5. The Morgan fingerprint density at radius 2 is 0.878 bits per heavy atom. The summed E-state index contributed by atoms with van der Waals surface area (Å²) in [6.07, 6.45) is 0. The molecule has 8 aromatic carbocycles. The molecule has 0 fully saturated rings. The van der Waals surface area contributed by atoms with Gasteiger partial charge >= 0.3 is 0 Å². The quantitative estimate of drug-likeness (QED) is 0.183. The number of rotatable bonds is 4. The Kier molecular flexibility index (Phi) is 6.18. The highest BCUT2D eigenvalue weighted by Crippen LogP contribution is 2.43. The van der Waals surface area contributed by atoms with Crippen molar-refractivity contribution in [2.24, 2.45) is 0 Å². The molecule has 0 atom stereocenters. The third kappa shape index (κ3) is 4.51. The van der Waals surface area contributed by atoms with Crippen LogP contribution in [0.25, 0.3) is 99.3 Å². The number of para-hydroxylation sites is 1. The van der Waals surface area contributed by atoms with Gasteiger partial charge in [-0.15, -0.1) is 0 Å². The van der Waals surface area contributed by atoms with Crippen molar-refractivity contribution in [2.45, 2.75) is 0 Å². The number of nitrogens with zero attached hydrogens (tertiary/aromatic N) is 2. The van der Waals surface area contributed by atoms with Gasteiger partial charge in [0, 0.05) is 32.8 Å². The molecule has 0 bridgehead atoms. The second kappa shape index (κ2) is 11.0. The van der Waals surface area contributed by atoms with E-state index in [1.165, 1.54) is 37.9 Å². The molecule has 2 heterocycles. The van der Waals surface area contributed by atoms with Crippen LogP contribution in [0.2, 0.25) is 0 Å². The molecule has 3 nitrogen and oxygen atoms in total. The van der Waals surface area contributed by atoms with Crippen molar-refractivity contribution in [1.82, 2.24) is 9.97 Å². The van der Waals surface area contributed by atoms with Gasteiger partial charge < -0.3 is 4.42 Å². The molecular weight excluding hydrogens is 597 g/mol. The summed E-state index contributed by atoms with van der Waals surface area (Å²) >= 11 is 0. The monoisotopic (exact) mass is 624 g/mol. The van der Waals surface area contributed by atoms with E-state index in [4.69, 9.17) is 14.4 Å². The Morgan fingerprint density at radius 1 is 0.306 bits per heavy atom. The molecule has 0 radical (unpaired) electrons. The van der Waals surface area contributed by atoms with E-state index in [1.807, 2.05) is 30.3 Å². The molecule has 10 aromatic rings. The molecule has 0 amide bonds. The van der Waals surface area contributed by atoms with Crippen molar-refractivity contribution in [3.63, 3.8) is 0 Å². The highest BCUT2D eigenvalue weighted by atomic mass is 16.3. The molecule has 0 spiro atoms. The lowest BCUT2D eigenvalue weighted by Crippen LogP contribution is -1.96. The zero-order valence-corrected chi connectivity index (χ0v) is 26.5. The lowest BCUT2D eigenvalue weighted by atomic mass is 9.90. The summed E-state index contributed by atoms with van der Waals surface area (Å²) in [7, 11) is 0. The maximum atomic E-state index is 6.34. The summed E-state index contributed by atoms with van der Waals surface area (Å²) in [6, 6.07) is 59.6. The van der Waals surface area contributed by atoms with Crippen molar-refractivity contribution in [2.75, 3.05) is 0 Å². The average molecular weight is 625 g/mol. The van der Waals surface area contributed by atoms with Crippen LogP contribution in [0.4, 0.5) is 0 Å². The van der Waals surface area contributed by atoms with Crippen LogP contribution in [0, 0.1) is 0 Å². The van der Waals surface area contributed by atoms with Gasteiger partial charge in [-0.2, -0.15) is 0 Å². The van der Waals surface area contributed by atoms with Crippen molar-refractivity contribution < 1.29 is 4.42 Å². The fourth-order valence-corrected chi connectivity index (χ4v) is 7.37. The second-order valence-electron chi connectivity index (χ2n) is 12.5. The van der Waals surface area contributed by atoms with Crippen LogP contribution in [-0.2, 0) is 0 Å². The number of fused-ring (bicyclic) bond motifs is 10. The van der Waals surface area contributed by atoms with E-state index in [1.54, 1.807) is 0 Å². The predicted molar refractivity (Wildman–Crippen MR) is 204 cm³/mol. The molecule has 10 rings (SSSR count). The highest BCUT2D eigenvalue weighted by molar-refractivity contribution is 6.34. The molecule has 0 aliphatic heterocycles. The first kappa shape index (κ1) is 27.5. The van der Waals surface area contributed by atoms with Gasteiger partial charge in [0.1, 0.15) is 11.2 Å². The fraction of sp³-hybridized carbons (Fsp3) is 0. The summed E-state index contributed by atoms with van der Waals surface area (Å²) in [5.41, 5.74) is 8.98. The Hall–Kier alpha value is -6.58. The Labute approximate surface area is 282 Å². The zero-order chi connectivity index (χ0) is 32.3. The number of hydrogen-bond acceptors (Lipinski definition) is 3. The molecule has 0 aliphatic carbocycles. The molecule has 0 saturated carbocycles. The summed E-state index contributed by atoms with van der Waals surface area (Å²) in [5.74, 6) is 0.702. The molecule has 0 saturated heterocycles. The standard InChI is InChI=1S/C46H28N2O/c1-3-12-29(13-4-1)31-16-11-17-32(26-31)40-28-41(48-46(47-40)30-14-5-2-6-15-30)33-22-23-37-39(27-33)35-19-8-7-18-34(35)36-24-25-43-45(44(36)37)38-20-9-10-21-42(38)49-43/h1-28H. The topological polar surface area (TPSA) is 38.9 Å². The summed E-state index contributed by atoms with van der Waals surface area (Å²) < 4.78 is 6.34. The van der Waals surface area contributed by atoms with E-state index >= 15 is 0 Å². The highest BCUT2D eigenvalue weighted by Gasteiger charge is 2.18. The number of aromatic nitrogens is 2. The minimum atomic E-state index is 0.702. The van der Waals surface area contributed by atoms with Crippen LogP contribution >= 0.6 is 0 Å². The zero-order valence-electron chi connectivity index (χ0n) is 26.5. The molecule has 3 heteroatoms. The van der Waals surface area contributed by atoms with Gasteiger partial charge in [0.2, 0.25) is 0 Å².